The van der Waals surface area contributed by atoms with Crippen LogP contribution >= 0.6 is 0 Å². The molecule has 0 aliphatic heterocycles. The molecular formula is C21H25NO5. The van der Waals surface area contributed by atoms with E-state index in [-0.39, 0.29) is 25.7 Å². The number of ether oxygens (including phenoxy) is 3. The van der Waals surface area contributed by atoms with Crippen LogP contribution in [0.4, 0.5) is 0 Å². The topological polar surface area (TPSA) is 73.9 Å². The van der Waals surface area contributed by atoms with E-state index >= 15 is 0 Å². The second kappa shape index (κ2) is 10.9. The van der Waals surface area contributed by atoms with Crippen molar-refractivity contribution in [1.82, 2.24) is 5.32 Å². The third-order valence-corrected chi connectivity index (χ3v) is 3.59. The van der Waals surface area contributed by atoms with Gasteiger partial charge >= 0.3 is 5.97 Å². The van der Waals surface area contributed by atoms with E-state index in [2.05, 4.69) is 5.32 Å². The van der Waals surface area contributed by atoms with Crippen molar-refractivity contribution in [2.75, 3.05) is 26.4 Å². The van der Waals surface area contributed by atoms with E-state index in [4.69, 9.17) is 14.2 Å². The van der Waals surface area contributed by atoms with Gasteiger partial charge in [-0.2, -0.15) is 0 Å². The number of nitrogens with one attached hydrogen (secondary N) is 1. The lowest BCUT2D eigenvalue weighted by Gasteiger charge is -2.09. The summed E-state index contributed by atoms with van der Waals surface area (Å²) in [5.74, 6) is 0.642. The number of carbonyl (C=O) groups excluding carboxylic acids is 2. The molecule has 0 unspecified atom stereocenters. The van der Waals surface area contributed by atoms with Crippen LogP contribution in [0, 0.1) is 6.92 Å². The summed E-state index contributed by atoms with van der Waals surface area (Å²) in [5, 5.41) is 2.54. The monoisotopic (exact) mass is 371 g/mol. The van der Waals surface area contributed by atoms with E-state index in [9.17, 15) is 9.59 Å². The zero-order valence-electron chi connectivity index (χ0n) is 15.7. The van der Waals surface area contributed by atoms with Crippen LogP contribution in [0.2, 0.25) is 0 Å². The first-order chi connectivity index (χ1) is 13.1. The molecule has 0 aliphatic carbocycles. The van der Waals surface area contributed by atoms with Crippen molar-refractivity contribution in [2.24, 2.45) is 0 Å². The molecule has 0 bridgehead atoms. The van der Waals surface area contributed by atoms with Crippen LogP contribution < -0.4 is 14.8 Å². The van der Waals surface area contributed by atoms with Gasteiger partial charge in [-0.25, -0.2) is 0 Å². The number of carbonyl (C=O) groups is 2. The zero-order valence-corrected chi connectivity index (χ0v) is 15.7. The molecule has 0 fully saturated rings. The molecule has 2 aromatic rings. The lowest BCUT2D eigenvalue weighted by atomic mass is 10.1. The van der Waals surface area contributed by atoms with E-state index in [0.29, 0.717) is 17.9 Å². The Morgan fingerprint density at radius 1 is 0.926 bits per heavy atom. The predicted octanol–water partition coefficient (Wildman–Crippen LogP) is 3.14. The fourth-order valence-corrected chi connectivity index (χ4v) is 2.26. The minimum Gasteiger partial charge on any atom is -0.494 e. The van der Waals surface area contributed by atoms with Crippen LogP contribution in [0.5, 0.6) is 11.5 Å². The molecule has 0 saturated heterocycles. The Morgan fingerprint density at radius 2 is 1.59 bits per heavy atom. The molecule has 0 aromatic heterocycles. The first kappa shape index (κ1) is 20.3. The third kappa shape index (κ3) is 7.40. The van der Waals surface area contributed by atoms with Crippen molar-refractivity contribution in [3.05, 3.63) is 59.7 Å². The highest BCUT2D eigenvalue weighted by molar-refractivity contribution is 5.96. The molecule has 0 saturated carbocycles. The summed E-state index contributed by atoms with van der Waals surface area (Å²) in [6, 6.07) is 14.4. The third-order valence-electron chi connectivity index (χ3n) is 3.59. The fourth-order valence-electron chi connectivity index (χ4n) is 2.26. The average Bonchev–Trinajstić information content (AvgIpc) is 2.68. The SMILES string of the molecule is CCCOc1ccc(OCCOC(=O)CNC(=O)c2cccc(C)c2)cc1. The first-order valence-electron chi connectivity index (χ1n) is 8.94. The Hall–Kier alpha value is -3.02. The van der Waals surface area contributed by atoms with Crippen LogP contribution in [0.15, 0.2) is 48.5 Å². The molecule has 1 amide bonds. The molecule has 27 heavy (non-hydrogen) atoms. The second-order valence-corrected chi connectivity index (χ2v) is 5.94. The van der Waals surface area contributed by atoms with Crippen LogP contribution in [0.1, 0.15) is 29.3 Å². The Labute approximate surface area is 159 Å². The number of esters is 1. The molecule has 0 atom stereocenters. The lowest BCUT2D eigenvalue weighted by Crippen LogP contribution is -2.31. The van der Waals surface area contributed by atoms with Gasteiger partial charge < -0.3 is 19.5 Å². The van der Waals surface area contributed by atoms with Crippen LogP contribution in [0.25, 0.3) is 0 Å². The molecule has 1 N–H and O–H groups in total. The standard InChI is InChI=1S/C21H25NO5/c1-3-11-25-18-7-9-19(10-8-18)26-12-13-27-20(23)15-22-21(24)17-6-4-5-16(2)14-17/h4-10,14H,3,11-13,15H2,1-2H3,(H,22,24). The van der Waals surface area contributed by atoms with Crippen molar-refractivity contribution in [3.63, 3.8) is 0 Å². The van der Waals surface area contributed by atoms with Gasteiger partial charge in [-0.1, -0.05) is 24.6 Å². The molecule has 144 valence electrons. The van der Waals surface area contributed by atoms with Crippen LogP contribution in [-0.2, 0) is 9.53 Å². The van der Waals surface area contributed by atoms with Crippen molar-refractivity contribution < 1.29 is 23.8 Å². The van der Waals surface area contributed by atoms with Gasteiger partial charge in [-0.05, 0) is 49.7 Å². The Kier molecular flexibility index (Phi) is 8.16. The average molecular weight is 371 g/mol. The summed E-state index contributed by atoms with van der Waals surface area (Å²) in [6.07, 6.45) is 0.953. The van der Waals surface area contributed by atoms with Gasteiger partial charge in [0, 0.05) is 5.56 Å². The summed E-state index contributed by atoms with van der Waals surface area (Å²) in [7, 11) is 0. The number of benzene rings is 2. The maximum absolute atomic E-state index is 12.0. The van der Waals surface area contributed by atoms with Gasteiger partial charge in [0.15, 0.2) is 0 Å². The molecule has 0 heterocycles. The van der Waals surface area contributed by atoms with E-state index < -0.39 is 5.97 Å². The largest absolute Gasteiger partial charge is 0.494 e. The van der Waals surface area contributed by atoms with Gasteiger partial charge in [0.1, 0.15) is 31.3 Å². The highest BCUT2D eigenvalue weighted by Crippen LogP contribution is 2.17. The zero-order chi connectivity index (χ0) is 19.5. The molecule has 2 aromatic carbocycles. The van der Waals surface area contributed by atoms with Crippen molar-refractivity contribution in [1.29, 1.82) is 0 Å². The van der Waals surface area contributed by atoms with Crippen LogP contribution in [0.3, 0.4) is 0 Å². The van der Waals surface area contributed by atoms with Gasteiger partial charge in [0.25, 0.3) is 5.91 Å². The number of aryl methyl sites for hydroxylation is 1. The maximum Gasteiger partial charge on any atom is 0.325 e. The predicted molar refractivity (Wildman–Crippen MR) is 102 cm³/mol. The molecule has 6 nitrogen and oxygen atoms in total. The number of amides is 1. The van der Waals surface area contributed by atoms with Gasteiger partial charge in [0.05, 0.1) is 6.61 Å². The first-order valence-corrected chi connectivity index (χ1v) is 8.94. The van der Waals surface area contributed by atoms with Gasteiger partial charge in [0.2, 0.25) is 0 Å². The summed E-state index contributed by atoms with van der Waals surface area (Å²) in [5.41, 5.74) is 1.49. The maximum atomic E-state index is 12.0. The van der Waals surface area contributed by atoms with Gasteiger partial charge in [-0.3, -0.25) is 9.59 Å². The molecule has 6 heteroatoms. The minimum absolute atomic E-state index is 0.104. The second-order valence-electron chi connectivity index (χ2n) is 5.94. The Morgan fingerprint density at radius 3 is 2.22 bits per heavy atom. The summed E-state index contributed by atoms with van der Waals surface area (Å²) in [6.45, 7) is 4.77. The van der Waals surface area contributed by atoms with Gasteiger partial charge in [-0.15, -0.1) is 0 Å². The minimum atomic E-state index is -0.511. The lowest BCUT2D eigenvalue weighted by molar-refractivity contribution is -0.143. The number of rotatable bonds is 10. The molecule has 0 aliphatic rings. The van der Waals surface area contributed by atoms with Crippen LogP contribution in [-0.4, -0.2) is 38.2 Å². The van der Waals surface area contributed by atoms with Crippen molar-refractivity contribution >= 4 is 11.9 Å². The molecular weight excluding hydrogens is 346 g/mol. The normalized spacial score (nSPS) is 10.1. The van der Waals surface area contributed by atoms with E-state index in [0.717, 1.165) is 17.7 Å². The van der Waals surface area contributed by atoms with E-state index in [1.165, 1.54) is 0 Å². The van der Waals surface area contributed by atoms with Crippen molar-refractivity contribution in [2.45, 2.75) is 20.3 Å². The number of hydrogen-bond acceptors (Lipinski definition) is 5. The van der Waals surface area contributed by atoms with E-state index in [1.807, 2.05) is 32.0 Å². The molecule has 0 radical (unpaired) electrons. The fraction of sp³-hybridized carbons (Fsp3) is 0.333. The summed E-state index contributed by atoms with van der Waals surface area (Å²) >= 11 is 0. The van der Waals surface area contributed by atoms with E-state index in [1.54, 1.807) is 30.3 Å². The quantitative estimate of drug-likeness (QED) is 0.513. The highest BCUT2D eigenvalue weighted by Gasteiger charge is 2.09. The van der Waals surface area contributed by atoms with Crippen molar-refractivity contribution in [3.8, 4) is 11.5 Å². The summed E-state index contributed by atoms with van der Waals surface area (Å²) in [4.78, 5) is 23.6. The Balaban J connectivity index is 1.62. The smallest absolute Gasteiger partial charge is 0.325 e. The number of hydrogen-bond donors (Lipinski definition) is 1. The Bertz CT molecular complexity index is 742. The molecule has 2 rings (SSSR count). The highest BCUT2D eigenvalue weighted by atomic mass is 16.6. The molecule has 0 spiro atoms. The summed E-state index contributed by atoms with van der Waals surface area (Å²) < 4.78 is 16.0.